The highest BCUT2D eigenvalue weighted by atomic mass is 16.3. The Morgan fingerprint density at radius 1 is 1.03 bits per heavy atom. The number of anilines is 4. The van der Waals surface area contributed by atoms with Crippen LogP contribution in [-0.2, 0) is 10.8 Å². The Balaban J connectivity index is 1.66. The van der Waals surface area contributed by atoms with Crippen LogP contribution in [0, 0.1) is 11.3 Å². The number of urea groups is 1. The van der Waals surface area contributed by atoms with E-state index in [0.717, 1.165) is 24.1 Å². The van der Waals surface area contributed by atoms with Crippen molar-refractivity contribution in [3.05, 3.63) is 77.4 Å². The number of hydrogen-bond donors (Lipinski definition) is 3. The number of phenolic OH excluding ortho intramolecular Hbond substituents is 1. The number of nitriles is 1. The zero-order valence-corrected chi connectivity index (χ0v) is 21.6. The second-order valence-electron chi connectivity index (χ2n) is 10.5. The fourth-order valence-corrected chi connectivity index (χ4v) is 5.13. The summed E-state index contributed by atoms with van der Waals surface area (Å²) in [5.74, 6) is 0.131. The lowest BCUT2D eigenvalue weighted by atomic mass is 9.75. The van der Waals surface area contributed by atoms with Gasteiger partial charge in [-0.05, 0) is 60.2 Å². The molecule has 3 N–H and O–H groups in total. The summed E-state index contributed by atoms with van der Waals surface area (Å²) in [5, 5.41) is 26.6. The van der Waals surface area contributed by atoms with Crippen LogP contribution in [-0.4, -0.2) is 17.7 Å². The largest absolute Gasteiger partial charge is 0.506 e. The van der Waals surface area contributed by atoms with Gasteiger partial charge in [0, 0.05) is 23.2 Å². The molecule has 2 amide bonds. The third kappa shape index (κ3) is 4.49. The highest BCUT2D eigenvalue weighted by Crippen LogP contribution is 2.54. The van der Waals surface area contributed by atoms with Gasteiger partial charge in [-0.1, -0.05) is 58.9 Å². The van der Waals surface area contributed by atoms with Crippen LogP contribution in [0.3, 0.4) is 0 Å². The highest BCUT2D eigenvalue weighted by molar-refractivity contribution is 6.02. The van der Waals surface area contributed by atoms with E-state index in [4.69, 9.17) is 0 Å². The number of rotatable bonds is 5. The molecule has 3 aromatic rings. The van der Waals surface area contributed by atoms with Crippen LogP contribution in [0.5, 0.6) is 5.75 Å². The van der Waals surface area contributed by atoms with E-state index < -0.39 is 0 Å². The third-order valence-electron chi connectivity index (χ3n) is 7.34. The minimum Gasteiger partial charge on any atom is -0.506 e. The summed E-state index contributed by atoms with van der Waals surface area (Å²) in [6, 6.07) is 20.7. The maximum atomic E-state index is 13.0. The molecule has 0 atom stereocenters. The van der Waals surface area contributed by atoms with Crippen molar-refractivity contribution >= 4 is 28.8 Å². The number of carbonyl (C=O) groups excluding carboxylic acids is 1. The molecule has 6 nitrogen and oxygen atoms in total. The number of amides is 2. The van der Waals surface area contributed by atoms with Gasteiger partial charge in [0.2, 0.25) is 0 Å². The molecule has 1 heterocycles. The second-order valence-corrected chi connectivity index (χ2v) is 10.5. The Kier molecular flexibility index (Phi) is 6.69. The predicted octanol–water partition coefficient (Wildman–Crippen LogP) is 7.41. The van der Waals surface area contributed by atoms with Crippen molar-refractivity contribution in [1.82, 2.24) is 0 Å². The summed E-state index contributed by atoms with van der Waals surface area (Å²) in [6.07, 6.45) is 1.65. The van der Waals surface area contributed by atoms with Crippen LogP contribution in [0.2, 0.25) is 0 Å². The third-order valence-corrected chi connectivity index (χ3v) is 7.34. The van der Waals surface area contributed by atoms with E-state index in [0.29, 0.717) is 29.2 Å². The van der Waals surface area contributed by atoms with Crippen LogP contribution in [0.15, 0.2) is 60.7 Å². The molecule has 1 aliphatic rings. The van der Waals surface area contributed by atoms with E-state index in [-0.39, 0.29) is 22.6 Å². The molecule has 0 bridgehead atoms. The first-order chi connectivity index (χ1) is 17.1. The summed E-state index contributed by atoms with van der Waals surface area (Å²) < 4.78 is 0. The van der Waals surface area contributed by atoms with Gasteiger partial charge in [-0.2, -0.15) is 5.26 Å². The quantitative estimate of drug-likeness (QED) is 0.353. The van der Waals surface area contributed by atoms with Gasteiger partial charge in [-0.3, -0.25) is 0 Å². The zero-order chi connectivity index (χ0) is 26.1. The molecular weight excluding hydrogens is 448 g/mol. The number of carbonyl (C=O) groups is 1. The Morgan fingerprint density at radius 2 is 1.69 bits per heavy atom. The number of phenols is 1. The first-order valence-corrected chi connectivity index (χ1v) is 12.4. The molecule has 0 saturated carbocycles. The SMILES string of the molecule is CCC1(CC)CN(c2ccccc2NC(=O)Nc2ccc(C(C)(C)C)cc2)c2c(O)ccc(C#N)c21. The fraction of sp³-hybridized carbons (Fsp3) is 0.333. The van der Waals surface area contributed by atoms with Crippen LogP contribution in [0.4, 0.5) is 27.5 Å². The Labute approximate surface area is 213 Å². The number of benzene rings is 3. The molecule has 0 unspecified atom stereocenters. The maximum absolute atomic E-state index is 13.0. The molecule has 4 rings (SSSR count). The molecule has 1 aliphatic heterocycles. The van der Waals surface area contributed by atoms with E-state index in [9.17, 15) is 15.2 Å². The van der Waals surface area contributed by atoms with Gasteiger partial charge in [0.1, 0.15) is 5.75 Å². The minimum atomic E-state index is -0.349. The average molecular weight is 483 g/mol. The average Bonchev–Trinajstić information content (AvgIpc) is 3.21. The number of hydrogen-bond acceptors (Lipinski definition) is 4. The lowest BCUT2D eigenvalue weighted by Gasteiger charge is -2.29. The zero-order valence-electron chi connectivity index (χ0n) is 21.6. The normalized spacial score (nSPS) is 14.2. The Morgan fingerprint density at radius 3 is 2.31 bits per heavy atom. The smallest absolute Gasteiger partial charge is 0.323 e. The summed E-state index contributed by atoms with van der Waals surface area (Å²) in [4.78, 5) is 15.0. The summed E-state index contributed by atoms with van der Waals surface area (Å²) in [7, 11) is 0. The van der Waals surface area contributed by atoms with Crippen LogP contribution < -0.4 is 15.5 Å². The van der Waals surface area contributed by atoms with Gasteiger partial charge in [-0.25, -0.2) is 4.79 Å². The number of aromatic hydroxyl groups is 1. The minimum absolute atomic E-state index is 0.0366. The Hall–Kier alpha value is -3.98. The van der Waals surface area contributed by atoms with E-state index >= 15 is 0 Å². The van der Waals surface area contributed by atoms with E-state index in [1.807, 2.05) is 53.4 Å². The van der Waals surface area contributed by atoms with Crippen LogP contribution in [0.1, 0.15) is 64.2 Å². The topological polar surface area (TPSA) is 88.4 Å². The number of fused-ring (bicyclic) bond motifs is 1. The molecule has 0 fully saturated rings. The first-order valence-electron chi connectivity index (χ1n) is 12.4. The van der Waals surface area contributed by atoms with Gasteiger partial charge < -0.3 is 20.6 Å². The molecule has 3 aromatic carbocycles. The monoisotopic (exact) mass is 482 g/mol. The van der Waals surface area contributed by atoms with E-state index in [1.165, 1.54) is 5.56 Å². The molecule has 0 saturated heterocycles. The molecule has 0 radical (unpaired) electrons. The van der Waals surface area contributed by atoms with Crippen molar-refractivity contribution < 1.29 is 9.90 Å². The van der Waals surface area contributed by atoms with Crippen LogP contribution in [0.25, 0.3) is 0 Å². The summed E-state index contributed by atoms with van der Waals surface area (Å²) in [6.45, 7) is 11.3. The number of nitrogens with one attached hydrogen (secondary N) is 2. The van der Waals surface area contributed by atoms with Crippen LogP contribution >= 0.6 is 0 Å². The van der Waals surface area contributed by atoms with Crippen molar-refractivity contribution in [2.75, 3.05) is 22.1 Å². The Bertz CT molecular complexity index is 1310. The highest BCUT2D eigenvalue weighted by Gasteiger charge is 2.44. The first kappa shape index (κ1) is 25.1. The molecule has 0 aliphatic carbocycles. The predicted molar refractivity (Wildman–Crippen MR) is 146 cm³/mol. The van der Waals surface area contributed by atoms with Gasteiger partial charge in [0.15, 0.2) is 0 Å². The van der Waals surface area contributed by atoms with Crippen molar-refractivity contribution in [2.45, 2.75) is 58.3 Å². The van der Waals surface area contributed by atoms with Crippen molar-refractivity contribution in [3.63, 3.8) is 0 Å². The molecule has 0 spiro atoms. The summed E-state index contributed by atoms with van der Waals surface area (Å²) >= 11 is 0. The van der Waals surface area contributed by atoms with Gasteiger partial charge >= 0.3 is 6.03 Å². The van der Waals surface area contributed by atoms with Crippen molar-refractivity contribution in [3.8, 4) is 11.8 Å². The fourth-order valence-electron chi connectivity index (χ4n) is 5.13. The molecule has 36 heavy (non-hydrogen) atoms. The van der Waals surface area contributed by atoms with Gasteiger partial charge in [0.05, 0.1) is 28.7 Å². The number of nitrogens with zero attached hydrogens (tertiary/aromatic N) is 2. The van der Waals surface area contributed by atoms with Crippen molar-refractivity contribution in [2.24, 2.45) is 0 Å². The molecule has 186 valence electrons. The maximum Gasteiger partial charge on any atom is 0.323 e. The van der Waals surface area contributed by atoms with E-state index in [2.05, 4.69) is 51.3 Å². The lowest BCUT2D eigenvalue weighted by Crippen LogP contribution is -2.31. The standard InChI is InChI=1S/C30H34N4O2/c1-6-30(7-2)19-34(27-25(35)17-12-20(18-31)26(27)30)24-11-9-8-10-23(24)33-28(36)32-22-15-13-21(14-16-22)29(3,4)5/h8-17,35H,6-7,19H2,1-5H3,(H2,32,33,36). The lowest BCUT2D eigenvalue weighted by molar-refractivity contribution is 0.262. The van der Waals surface area contributed by atoms with Gasteiger partial charge in [0.25, 0.3) is 0 Å². The molecule has 6 heteroatoms. The number of para-hydroxylation sites is 2. The molecule has 0 aromatic heterocycles. The second kappa shape index (κ2) is 9.58. The summed E-state index contributed by atoms with van der Waals surface area (Å²) in [5.41, 5.74) is 5.16. The van der Waals surface area contributed by atoms with Gasteiger partial charge in [-0.15, -0.1) is 0 Å². The molecular formula is C30H34N4O2. The van der Waals surface area contributed by atoms with Crippen molar-refractivity contribution in [1.29, 1.82) is 5.26 Å². The van der Waals surface area contributed by atoms with E-state index in [1.54, 1.807) is 12.1 Å².